The Kier molecular flexibility index (Phi) is 4.36. The van der Waals surface area contributed by atoms with Crippen molar-refractivity contribution in [3.05, 3.63) is 21.9 Å². The second-order valence-corrected chi connectivity index (χ2v) is 5.95. The molecular weight excluding hydrogens is 318 g/mol. The highest BCUT2D eigenvalue weighted by Gasteiger charge is 2.34. The Bertz CT molecular complexity index is 665. The number of hydrogen-bond donors (Lipinski definition) is 0. The van der Waals surface area contributed by atoms with Crippen molar-refractivity contribution in [2.24, 2.45) is 7.05 Å². The monoisotopic (exact) mass is 337 g/mol. The number of piperidine rings is 1. The van der Waals surface area contributed by atoms with Crippen LogP contribution in [0, 0.1) is 10.1 Å². The van der Waals surface area contributed by atoms with E-state index < -0.39 is 10.8 Å². The molecule has 0 N–H and O–H groups in total. The van der Waals surface area contributed by atoms with Crippen LogP contribution in [-0.4, -0.2) is 68.8 Å². The number of carbonyl (C=O) groups is 2. The van der Waals surface area contributed by atoms with Gasteiger partial charge in [-0.3, -0.25) is 4.79 Å². The maximum atomic E-state index is 12.5. The van der Waals surface area contributed by atoms with Gasteiger partial charge in [-0.05, 0) is 24.2 Å². The van der Waals surface area contributed by atoms with Crippen LogP contribution >= 0.6 is 0 Å². The van der Waals surface area contributed by atoms with Crippen molar-refractivity contribution in [2.75, 3.05) is 26.2 Å². The predicted molar refractivity (Wildman–Crippen MR) is 81.5 cm³/mol. The van der Waals surface area contributed by atoms with Crippen LogP contribution in [0.3, 0.4) is 0 Å². The second kappa shape index (κ2) is 6.46. The van der Waals surface area contributed by atoms with E-state index in [4.69, 9.17) is 4.74 Å². The first kappa shape index (κ1) is 16.2. The van der Waals surface area contributed by atoms with Crippen molar-refractivity contribution in [3.63, 3.8) is 0 Å². The molecule has 0 bridgehead atoms. The first-order valence-corrected chi connectivity index (χ1v) is 7.88. The van der Waals surface area contributed by atoms with Gasteiger partial charge in [-0.2, -0.15) is 0 Å². The third-order valence-electron chi connectivity index (χ3n) is 4.51. The number of nitro groups is 1. The normalized spacial score (nSPS) is 19.3. The smallest absolute Gasteiger partial charge is 0.410 e. The largest absolute Gasteiger partial charge is 0.449 e. The first-order valence-electron chi connectivity index (χ1n) is 7.88. The molecule has 130 valence electrons. The van der Waals surface area contributed by atoms with E-state index in [1.165, 1.54) is 13.2 Å². The quantitative estimate of drug-likeness (QED) is 0.595. The minimum Gasteiger partial charge on any atom is -0.449 e. The summed E-state index contributed by atoms with van der Waals surface area (Å²) < 4.78 is 6.14. The topological polar surface area (TPSA) is 111 Å². The Balaban J connectivity index is 1.65. The van der Waals surface area contributed by atoms with Gasteiger partial charge in [-0.15, -0.1) is 4.68 Å². The molecule has 2 amide bonds. The summed E-state index contributed by atoms with van der Waals surface area (Å²) in [6.45, 7) is 2.02. The van der Waals surface area contributed by atoms with Gasteiger partial charge in [0.25, 0.3) is 5.91 Å². The molecule has 2 aliphatic rings. The SMILES string of the molecule is Cn1ncc(C(=O)N2CCC(N3CCCOC3=O)CC2)c1[N+](=O)[O-]. The molecule has 10 nitrogen and oxygen atoms in total. The fourth-order valence-corrected chi connectivity index (χ4v) is 3.25. The molecule has 3 heterocycles. The lowest BCUT2D eigenvalue weighted by Crippen LogP contribution is -2.50. The number of ether oxygens (including phenoxy) is 1. The van der Waals surface area contributed by atoms with Crippen molar-refractivity contribution >= 4 is 17.8 Å². The van der Waals surface area contributed by atoms with E-state index in [0.29, 0.717) is 39.1 Å². The maximum absolute atomic E-state index is 12.5. The molecule has 0 saturated carbocycles. The van der Waals surface area contributed by atoms with Crippen molar-refractivity contribution < 1.29 is 19.2 Å². The summed E-state index contributed by atoms with van der Waals surface area (Å²) in [6, 6.07) is 0.0470. The lowest BCUT2D eigenvalue weighted by atomic mass is 10.0. The Hall–Kier alpha value is -2.65. The molecule has 2 aliphatic heterocycles. The third-order valence-corrected chi connectivity index (χ3v) is 4.51. The average molecular weight is 337 g/mol. The number of likely N-dealkylation sites (tertiary alicyclic amines) is 1. The molecule has 0 unspecified atom stereocenters. The molecule has 0 aliphatic carbocycles. The molecule has 1 aromatic heterocycles. The van der Waals surface area contributed by atoms with E-state index in [2.05, 4.69) is 5.10 Å². The van der Waals surface area contributed by atoms with Gasteiger partial charge >= 0.3 is 11.9 Å². The number of carbonyl (C=O) groups excluding carboxylic acids is 2. The molecule has 2 fully saturated rings. The van der Waals surface area contributed by atoms with Crippen LogP contribution in [0.15, 0.2) is 6.20 Å². The number of nitrogens with zero attached hydrogens (tertiary/aromatic N) is 5. The van der Waals surface area contributed by atoms with Crippen molar-refractivity contribution in [3.8, 4) is 0 Å². The lowest BCUT2D eigenvalue weighted by molar-refractivity contribution is -0.392. The van der Waals surface area contributed by atoms with Crippen LogP contribution in [0.4, 0.5) is 10.6 Å². The highest BCUT2D eigenvalue weighted by molar-refractivity contribution is 5.97. The fraction of sp³-hybridized carbons (Fsp3) is 0.643. The molecule has 2 saturated heterocycles. The van der Waals surface area contributed by atoms with E-state index in [1.807, 2.05) is 0 Å². The summed E-state index contributed by atoms with van der Waals surface area (Å²) in [6.07, 6.45) is 3.01. The zero-order valence-corrected chi connectivity index (χ0v) is 13.4. The van der Waals surface area contributed by atoms with E-state index in [-0.39, 0.29) is 23.5 Å². The van der Waals surface area contributed by atoms with E-state index in [1.54, 1.807) is 9.80 Å². The summed E-state index contributed by atoms with van der Waals surface area (Å²) in [5.74, 6) is -0.698. The van der Waals surface area contributed by atoms with Gasteiger partial charge in [0.1, 0.15) is 7.05 Å². The zero-order valence-electron chi connectivity index (χ0n) is 13.4. The summed E-state index contributed by atoms with van der Waals surface area (Å²) in [5.41, 5.74) is -0.00154. The number of hydrogen-bond acceptors (Lipinski definition) is 6. The Labute approximate surface area is 138 Å². The van der Waals surface area contributed by atoms with Gasteiger partial charge in [0, 0.05) is 25.7 Å². The van der Waals surface area contributed by atoms with Crippen molar-refractivity contribution in [1.29, 1.82) is 0 Å². The highest BCUT2D eigenvalue weighted by Crippen LogP contribution is 2.24. The van der Waals surface area contributed by atoms with E-state index in [0.717, 1.165) is 11.1 Å². The molecule has 24 heavy (non-hydrogen) atoms. The van der Waals surface area contributed by atoms with Crippen molar-refractivity contribution in [2.45, 2.75) is 25.3 Å². The molecular formula is C14H19N5O5. The van der Waals surface area contributed by atoms with Gasteiger partial charge in [-0.1, -0.05) is 5.10 Å². The van der Waals surface area contributed by atoms with Gasteiger partial charge in [0.2, 0.25) is 0 Å². The van der Waals surface area contributed by atoms with Crippen LogP contribution in [0.2, 0.25) is 0 Å². The van der Waals surface area contributed by atoms with Crippen LogP contribution in [0.1, 0.15) is 29.6 Å². The van der Waals surface area contributed by atoms with Crippen LogP contribution < -0.4 is 0 Å². The Morgan fingerprint density at radius 1 is 1.38 bits per heavy atom. The average Bonchev–Trinajstić information content (AvgIpc) is 2.97. The summed E-state index contributed by atoms with van der Waals surface area (Å²) >= 11 is 0. The van der Waals surface area contributed by atoms with Gasteiger partial charge in [0.05, 0.1) is 12.8 Å². The summed E-state index contributed by atoms with van der Waals surface area (Å²) in [7, 11) is 1.43. The van der Waals surface area contributed by atoms with Crippen molar-refractivity contribution in [1.82, 2.24) is 19.6 Å². The zero-order chi connectivity index (χ0) is 17.3. The standard InChI is InChI=1S/C14H19N5O5/c1-16-12(19(22)23)11(9-15-16)13(20)17-6-3-10(4-7-17)18-5-2-8-24-14(18)21/h9-10H,2-8H2,1H3. The minimum atomic E-state index is -0.600. The number of cyclic esters (lactones) is 1. The summed E-state index contributed by atoms with van der Waals surface area (Å²) in [5, 5.41) is 14.9. The fourth-order valence-electron chi connectivity index (χ4n) is 3.25. The molecule has 0 aromatic carbocycles. The molecule has 3 rings (SSSR count). The second-order valence-electron chi connectivity index (χ2n) is 5.95. The Morgan fingerprint density at radius 3 is 2.71 bits per heavy atom. The number of amides is 2. The molecule has 0 spiro atoms. The lowest BCUT2D eigenvalue weighted by Gasteiger charge is -2.39. The summed E-state index contributed by atoms with van der Waals surface area (Å²) in [4.78, 5) is 38.1. The Morgan fingerprint density at radius 2 is 2.08 bits per heavy atom. The molecule has 0 atom stereocenters. The molecule has 0 radical (unpaired) electrons. The number of aromatic nitrogens is 2. The number of rotatable bonds is 3. The van der Waals surface area contributed by atoms with Crippen LogP contribution in [-0.2, 0) is 11.8 Å². The van der Waals surface area contributed by atoms with Crippen LogP contribution in [0.25, 0.3) is 0 Å². The molecule has 10 heteroatoms. The minimum absolute atomic E-state index is 0.00154. The predicted octanol–water partition coefficient (Wildman–Crippen LogP) is 0.775. The number of aryl methyl sites for hydroxylation is 1. The van der Waals surface area contributed by atoms with Gasteiger partial charge < -0.3 is 24.7 Å². The van der Waals surface area contributed by atoms with Gasteiger partial charge in [-0.25, -0.2) is 4.79 Å². The maximum Gasteiger partial charge on any atom is 0.410 e. The highest BCUT2D eigenvalue weighted by atomic mass is 16.6. The van der Waals surface area contributed by atoms with Crippen LogP contribution in [0.5, 0.6) is 0 Å². The van der Waals surface area contributed by atoms with E-state index in [9.17, 15) is 19.7 Å². The van der Waals surface area contributed by atoms with E-state index >= 15 is 0 Å². The molecule has 1 aromatic rings. The first-order chi connectivity index (χ1) is 11.5. The van der Waals surface area contributed by atoms with Gasteiger partial charge in [0.15, 0.2) is 5.56 Å². The third kappa shape index (κ3) is 2.91.